The van der Waals surface area contributed by atoms with Crippen LogP contribution in [-0.4, -0.2) is 54.7 Å². The van der Waals surface area contributed by atoms with Crippen LogP contribution in [0.4, 0.5) is 5.69 Å². The van der Waals surface area contributed by atoms with E-state index >= 15 is 0 Å². The molecule has 5 aromatic rings. The second-order valence-corrected chi connectivity index (χ2v) is 14.0. The highest BCUT2D eigenvalue weighted by Gasteiger charge is 2.41. The second-order valence-electron chi connectivity index (χ2n) is 14.0. The molecule has 1 saturated heterocycles. The third-order valence-electron chi connectivity index (χ3n) is 10.4. The highest BCUT2D eigenvalue weighted by molar-refractivity contribution is 5.65. The first-order valence-electron chi connectivity index (χ1n) is 18.1. The molecule has 0 amide bonds. The van der Waals surface area contributed by atoms with Crippen LogP contribution in [-0.2, 0) is 18.5 Å². The van der Waals surface area contributed by atoms with Gasteiger partial charge in [-0.3, -0.25) is 9.80 Å². The van der Waals surface area contributed by atoms with E-state index in [9.17, 15) is 5.11 Å². The average molecular weight is 652 g/mol. The van der Waals surface area contributed by atoms with Crippen molar-refractivity contribution < 1.29 is 5.11 Å². The topological polar surface area (TPSA) is 30.0 Å². The first kappa shape index (κ1) is 34.5. The van der Waals surface area contributed by atoms with Gasteiger partial charge in [0.1, 0.15) is 5.75 Å². The van der Waals surface area contributed by atoms with Crippen molar-refractivity contribution >= 4 is 5.69 Å². The van der Waals surface area contributed by atoms with Crippen molar-refractivity contribution in [3.05, 3.63) is 166 Å². The number of hydrogen-bond acceptors (Lipinski definition) is 4. The largest absolute Gasteiger partial charge is 0.507 e. The highest BCUT2D eigenvalue weighted by Crippen LogP contribution is 2.49. The number of anilines is 1. The fraction of sp³-hybridized carbons (Fsp3) is 0.333. The van der Waals surface area contributed by atoms with Crippen LogP contribution in [0.3, 0.4) is 0 Å². The highest BCUT2D eigenvalue weighted by atomic mass is 16.3. The molecule has 1 atom stereocenters. The number of para-hydroxylation sites is 1. The minimum Gasteiger partial charge on any atom is -0.507 e. The van der Waals surface area contributed by atoms with Crippen molar-refractivity contribution in [2.75, 3.05) is 38.6 Å². The van der Waals surface area contributed by atoms with E-state index < -0.39 is 5.41 Å². The maximum absolute atomic E-state index is 12.7. The SMILES string of the molecule is CCCCN1CCC[C@H]1CN(Cc1ccccc1N(C)C)Cc1cc(C)cc(C(c2ccccc2)(c2ccccc2)c2ccccc2)c1O. The van der Waals surface area contributed by atoms with Crippen LogP contribution >= 0.6 is 0 Å². The van der Waals surface area contributed by atoms with Crippen molar-refractivity contribution in [2.24, 2.45) is 0 Å². The standard InChI is InChI=1S/C45H53N3O/c1-5-6-28-48-29-18-26-41(48)34-47(32-36-19-16-17-27-43(36)46(3)4)33-37-30-35(2)31-42(44(37)49)45(38-20-10-7-11-21-38,39-22-12-8-13-23-39)40-24-14-9-15-25-40/h7-17,19-25,27,30-31,41,49H,5-6,18,26,28-29,32-34H2,1-4H3/t41-/m0/s1. The molecular formula is C45H53N3O. The number of aryl methyl sites for hydroxylation is 1. The van der Waals surface area contributed by atoms with Crippen molar-refractivity contribution in [3.63, 3.8) is 0 Å². The summed E-state index contributed by atoms with van der Waals surface area (Å²) in [4.78, 5) is 7.51. The van der Waals surface area contributed by atoms with Gasteiger partial charge in [0, 0.05) is 56.6 Å². The molecule has 1 aliphatic heterocycles. The Morgan fingerprint density at radius 1 is 0.735 bits per heavy atom. The van der Waals surface area contributed by atoms with Gasteiger partial charge in [0.25, 0.3) is 0 Å². The zero-order chi connectivity index (χ0) is 34.2. The second kappa shape index (κ2) is 15.9. The van der Waals surface area contributed by atoms with Crippen molar-refractivity contribution in [3.8, 4) is 5.75 Å². The van der Waals surface area contributed by atoms with E-state index in [0.29, 0.717) is 18.3 Å². The lowest BCUT2D eigenvalue weighted by molar-refractivity contribution is 0.159. The molecule has 1 fully saturated rings. The zero-order valence-corrected chi connectivity index (χ0v) is 29.9. The Kier molecular flexibility index (Phi) is 11.2. The van der Waals surface area contributed by atoms with E-state index in [2.05, 4.69) is 170 Å². The van der Waals surface area contributed by atoms with Crippen LogP contribution < -0.4 is 4.90 Å². The van der Waals surface area contributed by atoms with E-state index in [4.69, 9.17) is 0 Å². The molecule has 0 aromatic heterocycles. The quantitative estimate of drug-likeness (QED) is 0.121. The van der Waals surface area contributed by atoms with Crippen molar-refractivity contribution in [1.82, 2.24) is 9.80 Å². The van der Waals surface area contributed by atoms with Crippen LogP contribution in [0.2, 0.25) is 0 Å². The van der Waals surface area contributed by atoms with Gasteiger partial charge >= 0.3 is 0 Å². The summed E-state index contributed by atoms with van der Waals surface area (Å²) in [7, 11) is 4.25. The minimum absolute atomic E-state index is 0.377. The third-order valence-corrected chi connectivity index (χ3v) is 10.4. The Bertz CT molecular complexity index is 1670. The molecule has 0 unspecified atom stereocenters. The van der Waals surface area contributed by atoms with E-state index in [0.717, 1.165) is 53.0 Å². The Hall–Kier alpha value is -4.38. The molecule has 4 heteroatoms. The molecule has 1 heterocycles. The fourth-order valence-electron chi connectivity index (χ4n) is 8.09. The molecule has 49 heavy (non-hydrogen) atoms. The lowest BCUT2D eigenvalue weighted by Gasteiger charge is -2.38. The summed E-state index contributed by atoms with van der Waals surface area (Å²) >= 11 is 0. The summed E-state index contributed by atoms with van der Waals surface area (Å²) in [5.74, 6) is 0.377. The van der Waals surface area contributed by atoms with Gasteiger partial charge in [0.2, 0.25) is 0 Å². The van der Waals surface area contributed by atoms with E-state index in [1.165, 1.54) is 43.5 Å². The predicted molar refractivity (Wildman–Crippen MR) is 206 cm³/mol. The Morgan fingerprint density at radius 3 is 1.86 bits per heavy atom. The van der Waals surface area contributed by atoms with Crippen molar-refractivity contribution in [2.45, 2.75) is 64.1 Å². The number of unbranched alkanes of at least 4 members (excludes halogenated alkanes) is 1. The molecule has 6 rings (SSSR count). The number of aromatic hydroxyl groups is 1. The van der Waals surface area contributed by atoms with Crippen LogP contribution in [0, 0.1) is 6.92 Å². The van der Waals surface area contributed by atoms with Gasteiger partial charge in [-0.2, -0.15) is 0 Å². The molecule has 0 bridgehead atoms. The molecule has 0 spiro atoms. The minimum atomic E-state index is -0.709. The van der Waals surface area contributed by atoms with Crippen LogP contribution in [0.5, 0.6) is 5.75 Å². The summed E-state index contributed by atoms with van der Waals surface area (Å²) in [6, 6.07) is 45.8. The van der Waals surface area contributed by atoms with Gasteiger partial charge in [-0.1, -0.05) is 140 Å². The normalized spacial score (nSPS) is 15.2. The maximum Gasteiger partial charge on any atom is 0.124 e. The lowest BCUT2D eigenvalue weighted by atomic mass is 9.64. The molecule has 5 aromatic carbocycles. The fourth-order valence-corrected chi connectivity index (χ4v) is 8.09. The summed E-state index contributed by atoms with van der Waals surface area (Å²) in [5, 5.41) is 12.7. The van der Waals surface area contributed by atoms with E-state index in [-0.39, 0.29) is 0 Å². The molecule has 4 nitrogen and oxygen atoms in total. The van der Waals surface area contributed by atoms with Gasteiger partial charge in [0.15, 0.2) is 0 Å². The Morgan fingerprint density at radius 2 is 1.29 bits per heavy atom. The molecule has 0 radical (unpaired) electrons. The Balaban J connectivity index is 1.49. The van der Waals surface area contributed by atoms with Crippen LogP contribution in [0.25, 0.3) is 0 Å². The predicted octanol–water partition coefficient (Wildman–Crippen LogP) is 9.42. The number of phenols is 1. The zero-order valence-electron chi connectivity index (χ0n) is 29.9. The summed E-state index contributed by atoms with van der Waals surface area (Å²) in [6.07, 6.45) is 4.93. The number of hydrogen-bond donors (Lipinski definition) is 1. The summed E-state index contributed by atoms with van der Waals surface area (Å²) in [5.41, 5.74) is 8.29. The van der Waals surface area contributed by atoms with E-state index in [1.54, 1.807) is 0 Å². The van der Waals surface area contributed by atoms with Gasteiger partial charge in [-0.25, -0.2) is 0 Å². The van der Waals surface area contributed by atoms with Crippen LogP contribution in [0.15, 0.2) is 127 Å². The number of nitrogens with zero attached hydrogens (tertiary/aromatic N) is 3. The van der Waals surface area contributed by atoms with Gasteiger partial charge < -0.3 is 10.0 Å². The smallest absolute Gasteiger partial charge is 0.124 e. The number of benzene rings is 5. The van der Waals surface area contributed by atoms with E-state index in [1.807, 2.05) is 0 Å². The summed E-state index contributed by atoms with van der Waals surface area (Å²) in [6.45, 7) is 9.25. The monoisotopic (exact) mass is 651 g/mol. The molecule has 254 valence electrons. The third kappa shape index (κ3) is 7.46. The molecule has 0 saturated carbocycles. The molecular weight excluding hydrogens is 599 g/mol. The van der Waals surface area contributed by atoms with Crippen LogP contribution in [0.1, 0.15) is 71.6 Å². The number of rotatable bonds is 14. The lowest BCUT2D eigenvalue weighted by Crippen LogP contribution is -2.40. The molecule has 0 aliphatic carbocycles. The Labute approximate surface area is 294 Å². The first-order chi connectivity index (χ1) is 23.9. The number of phenolic OH excluding ortho intramolecular Hbond substituents is 1. The van der Waals surface area contributed by atoms with Gasteiger partial charge in [-0.15, -0.1) is 0 Å². The first-order valence-corrected chi connectivity index (χ1v) is 18.1. The average Bonchev–Trinajstić information content (AvgIpc) is 3.57. The van der Waals surface area contributed by atoms with Gasteiger partial charge in [0.05, 0.1) is 5.41 Å². The van der Waals surface area contributed by atoms with Crippen molar-refractivity contribution in [1.29, 1.82) is 0 Å². The molecule has 1 aliphatic rings. The van der Waals surface area contributed by atoms with Gasteiger partial charge in [-0.05, 0) is 67.6 Å². The molecule has 1 N–H and O–H groups in total. The maximum atomic E-state index is 12.7. The summed E-state index contributed by atoms with van der Waals surface area (Å²) < 4.78 is 0. The number of likely N-dealkylation sites (tertiary alicyclic amines) is 1.